The summed E-state index contributed by atoms with van der Waals surface area (Å²) in [6.45, 7) is 0.434. The van der Waals surface area contributed by atoms with Crippen LogP contribution in [-0.4, -0.2) is 49.7 Å². The van der Waals surface area contributed by atoms with Crippen molar-refractivity contribution in [2.45, 2.75) is 31.1 Å². The fourth-order valence-electron chi connectivity index (χ4n) is 5.13. The molecule has 0 aliphatic carbocycles. The Labute approximate surface area is 217 Å². The number of ether oxygens (including phenoxy) is 1. The van der Waals surface area contributed by atoms with Crippen LogP contribution in [0.2, 0.25) is 0 Å². The highest BCUT2D eigenvalue weighted by atomic mass is 19.4. The van der Waals surface area contributed by atoms with E-state index in [2.05, 4.69) is 20.5 Å². The van der Waals surface area contributed by atoms with Crippen LogP contribution >= 0.6 is 0 Å². The van der Waals surface area contributed by atoms with Gasteiger partial charge >= 0.3 is 12.1 Å². The van der Waals surface area contributed by atoms with Crippen molar-refractivity contribution in [3.8, 4) is 5.75 Å². The molecule has 8 nitrogen and oxygen atoms in total. The molecule has 2 atom stereocenters. The number of rotatable bonds is 4. The monoisotopic (exact) mass is 525 g/mol. The molecule has 2 aromatic carbocycles. The van der Waals surface area contributed by atoms with E-state index in [0.717, 1.165) is 22.6 Å². The predicted octanol–water partition coefficient (Wildman–Crippen LogP) is 4.81. The summed E-state index contributed by atoms with van der Waals surface area (Å²) in [7, 11) is 3.41. The number of hydrogen-bond donors (Lipinski definition) is 2. The van der Waals surface area contributed by atoms with E-state index in [-0.39, 0.29) is 11.9 Å². The van der Waals surface area contributed by atoms with Crippen molar-refractivity contribution in [2.75, 3.05) is 35.8 Å². The number of pyridine rings is 1. The molecule has 0 radical (unpaired) electrons. The molecule has 198 valence electrons. The van der Waals surface area contributed by atoms with E-state index in [4.69, 9.17) is 4.74 Å². The van der Waals surface area contributed by atoms with E-state index >= 15 is 0 Å². The molecule has 38 heavy (non-hydrogen) atoms. The SMILES string of the molecule is COc1cncc(NC(=O)c2ccc3c(c2)N(C)c2ccccc2[C@@H]2C[C@@H](NC(=O)C(F)(F)F)CCN32)c1. The fraction of sp³-hybridized carbons (Fsp3) is 0.296. The van der Waals surface area contributed by atoms with E-state index in [1.807, 2.05) is 42.3 Å². The number of fused-ring (bicyclic) bond motifs is 5. The van der Waals surface area contributed by atoms with Gasteiger partial charge in [0.05, 0.1) is 42.6 Å². The molecule has 2 N–H and O–H groups in total. The van der Waals surface area contributed by atoms with E-state index in [9.17, 15) is 22.8 Å². The molecule has 0 unspecified atom stereocenters. The number of para-hydroxylation sites is 1. The van der Waals surface area contributed by atoms with Gasteiger partial charge in [0.25, 0.3) is 5.91 Å². The molecule has 3 heterocycles. The number of nitrogens with one attached hydrogen (secondary N) is 2. The summed E-state index contributed by atoms with van der Waals surface area (Å²) in [5, 5.41) is 5.00. The average molecular weight is 526 g/mol. The number of amides is 2. The van der Waals surface area contributed by atoms with Crippen LogP contribution in [0.5, 0.6) is 5.75 Å². The van der Waals surface area contributed by atoms with Gasteiger partial charge in [0.15, 0.2) is 0 Å². The van der Waals surface area contributed by atoms with Gasteiger partial charge in [-0.3, -0.25) is 14.6 Å². The number of benzene rings is 2. The van der Waals surface area contributed by atoms with Crippen LogP contribution < -0.4 is 25.2 Å². The maximum atomic E-state index is 13.1. The highest BCUT2D eigenvalue weighted by Crippen LogP contribution is 2.48. The predicted molar refractivity (Wildman–Crippen MR) is 137 cm³/mol. The molecule has 0 bridgehead atoms. The number of carbonyl (C=O) groups is 2. The van der Waals surface area contributed by atoms with Gasteiger partial charge in [-0.25, -0.2) is 0 Å². The molecule has 0 saturated carbocycles. The molecule has 1 saturated heterocycles. The second-order valence-corrected chi connectivity index (χ2v) is 9.29. The van der Waals surface area contributed by atoms with Crippen molar-refractivity contribution in [1.29, 1.82) is 0 Å². The van der Waals surface area contributed by atoms with Gasteiger partial charge in [0.1, 0.15) is 5.75 Å². The number of carbonyl (C=O) groups excluding carboxylic acids is 2. The van der Waals surface area contributed by atoms with Gasteiger partial charge in [0, 0.05) is 37.0 Å². The van der Waals surface area contributed by atoms with Gasteiger partial charge in [-0.2, -0.15) is 13.2 Å². The molecule has 1 aromatic heterocycles. The van der Waals surface area contributed by atoms with Gasteiger partial charge in [-0.05, 0) is 42.7 Å². The molecule has 2 aliphatic rings. The van der Waals surface area contributed by atoms with E-state index < -0.39 is 18.1 Å². The Bertz CT molecular complexity index is 1380. The van der Waals surface area contributed by atoms with Gasteiger partial charge in [-0.1, -0.05) is 18.2 Å². The van der Waals surface area contributed by atoms with Crippen molar-refractivity contribution in [1.82, 2.24) is 10.3 Å². The third-order valence-corrected chi connectivity index (χ3v) is 6.97. The van der Waals surface area contributed by atoms with Gasteiger partial charge < -0.3 is 25.2 Å². The first-order valence-electron chi connectivity index (χ1n) is 12.1. The highest BCUT2D eigenvalue weighted by Gasteiger charge is 2.42. The minimum Gasteiger partial charge on any atom is -0.495 e. The van der Waals surface area contributed by atoms with Crippen LogP contribution in [0.3, 0.4) is 0 Å². The number of halogens is 3. The first kappa shape index (κ1) is 25.4. The zero-order valence-corrected chi connectivity index (χ0v) is 20.7. The van der Waals surface area contributed by atoms with Crippen molar-refractivity contribution in [3.05, 3.63) is 72.1 Å². The van der Waals surface area contributed by atoms with E-state index in [1.165, 1.54) is 13.3 Å². The highest BCUT2D eigenvalue weighted by molar-refractivity contribution is 6.05. The first-order valence-corrected chi connectivity index (χ1v) is 12.1. The quantitative estimate of drug-likeness (QED) is 0.509. The Morgan fingerprint density at radius 3 is 2.61 bits per heavy atom. The topological polar surface area (TPSA) is 86.8 Å². The summed E-state index contributed by atoms with van der Waals surface area (Å²) < 4.78 is 43.9. The second kappa shape index (κ2) is 9.88. The van der Waals surface area contributed by atoms with Crippen molar-refractivity contribution in [2.24, 2.45) is 0 Å². The summed E-state index contributed by atoms with van der Waals surface area (Å²) >= 11 is 0. The minimum absolute atomic E-state index is 0.260. The maximum Gasteiger partial charge on any atom is 0.471 e. The van der Waals surface area contributed by atoms with Gasteiger partial charge in [-0.15, -0.1) is 0 Å². The summed E-state index contributed by atoms with van der Waals surface area (Å²) in [6.07, 6.45) is -1.19. The number of nitrogens with zero attached hydrogens (tertiary/aromatic N) is 3. The van der Waals surface area contributed by atoms with Crippen LogP contribution in [0.25, 0.3) is 0 Å². The Balaban J connectivity index is 1.47. The van der Waals surface area contributed by atoms with E-state index in [1.54, 1.807) is 24.4 Å². The van der Waals surface area contributed by atoms with Gasteiger partial charge in [0.2, 0.25) is 0 Å². The van der Waals surface area contributed by atoms with Crippen LogP contribution in [0, 0.1) is 0 Å². The van der Waals surface area contributed by atoms with E-state index in [0.29, 0.717) is 36.4 Å². The zero-order valence-electron chi connectivity index (χ0n) is 20.7. The number of methoxy groups -OCH3 is 1. The summed E-state index contributed by atoms with van der Waals surface area (Å²) in [6, 6.07) is 13.8. The summed E-state index contributed by atoms with van der Waals surface area (Å²) in [4.78, 5) is 32.9. The Morgan fingerprint density at radius 1 is 1.05 bits per heavy atom. The molecule has 2 aliphatic heterocycles. The number of piperidine rings is 1. The van der Waals surface area contributed by atoms with Crippen LogP contribution in [0.4, 0.5) is 35.9 Å². The lowest BCUT2D eigenvalue weighted by Crippen LogP contribution is -2.49. The Morgan fingerprint density at radius 2 is 1.84 bits per heavy atom. The normalized spacial score (nSPS) is 18.4. The molecule has 0 spiro atoms. The Kier molecular flexibility index (Phi) is 6.60. The Hall–Kier alpha value is -4.28. The fourth-order valence-corrected chi connectivity index (χ4v) is 5.13. The van der Waals surface area contributed by atoms with Crippen molar-refractivity contribution >= 4 is 34.6 Å². The largest absolute Gasteiger partial charge is 0.495 e. The second-order valence-electron chi connectivity index (χ2n) is 9.29. The molecule has 2 amide bonds. The lowest BCUT2D eigenvalue weighted by atomic mass is 9.90. The molecule has 1 fully saturated rings. The van der Waals surface area contributed by atoms with Crippen molar-refractivity contribution in [3.63, 3.8) is 0 Å². The zero-order chi connectivity index (χ0) is 27.0. The first-order chi connectivity index (χ1) is 18.2. The summed E-state index contributed by atoms with van der Waals surface area (Å²) in [5.74, 6) is -1.72. The third kappa shape index (κ3) is 4.83. The maximum absolute atomic E-state index is 13.1. The lowest BCUT2D eigenvalue weighted by Gasteiger charge is -2.41. The molecule has 3 aromatic rings. The number of alkyl halides is 3. The lowest BCUT2D eigenvalue weighted by molar-refractivity contribution is -0.174. The van der Waals surface area contributed by atoms with Crippen LogP contribution in [0.15, 0.2) is 60.9 Å². The molecule has 5 rings (SSSR count). The number of hydrogen-bond acceptors (Lipinski definition) is 6. The number of aromatic nitrogens is 1. The van der Waals surface area contributed by atoms with Crippen LogP contribution in [-0.2, 0) is 4.79 Å². The van der Waals surface area contributed by atoms with Crippen LogP contribution in [0.1, 0.15) is 34.8 Å². The standard InChI is InChI=1S/C27H26F3N5O3/c1-34-21-6-4-3-5-20(21)23-13-17(33-26(37)27(28,29)30)9-10-35(23)22-8-7-16(11-24(22)34)25(36)32-18-12-19(38-2)15-31-14-18/h3-8,11-12,14-15,17,23H,9-10,13H2,1-2H3,(H,32,36)(H,33,37)/t17-,23-/m0/s1. The molecular formula is C27H26F3N5O3. The molecular weight excluding hydrogens is 499 g/mol. The third-order valence-electron chi connectivity index (χ3n) is 6.97. The molecule has 11 heteroatoms. The smallest absolute Gasteiger partial charge is 0.471 e. The average Bonchev–Trinajstić information content (AvgIpc) is 3.01. The summed E-state index contributed by atoms with van der Waals surface area (Å²) in [5.41, 5.74) is 4.37. The van der Waals surface area contributed by atoms with Crippen molar-refractivity contribution < 1.29 is 27.5 Å². The minimum atomic E-state index is -4.93. The number of anilines is 4.